The molecule has 0 saturated heterocycles. The van der Waals surface area contributed by atoms with E-state index in [2.05, 4.69) is 15.5 Å². The van der Waals surface area contributed by atoms with E-state index >= 15 is 0 Å². The summed E-state index contributed by atoms with van der Waals surface area (Å²) in [6.07, 6.45) is 0. The molecular weight excluding hydrogens is 286 g/mol. The highest BCUT2D eigenvalue weighted by Gasteiger charge is 2.13. The standard InChI is InChI=1S/C15H15N3O2S/c19-9-13(11-4-2-1-3-5-11)16-8-14-17-15(20-18-14)12-6-7-21-10-12/h1-7,10,13,16,19H,8-9H2/t13-/m1/s1. The van der Waals surface area contributed by atoms with E-state index < -0.39 is 0 Å². The monoisotopic (exact) mass is 301 g/mol. The van der Waals surface area contributed by atoms with Crippen molar-refractivity contribution in [3.63, 3.8) is 0 Å². The molecule has 21 heavy (non-hydrogen) atoms. The first-order valence-corrected chi connectivity index (χ1v) is 7.55. The molecular formula is C15H15N3O2S. The maximum absolute atomic E-state index is 9.49. The number of aliphatic hydroxyl groups excluding tert-OH is 1. The summed E-state index contributed by atoms with van der Waals surface area (Å²) in [6.45, 7) is 0.451. The zero-order valence-corrected chi connectivity index (χ0v) is 12.1. The van der Waals surface area contributed by atoms with E-state index in [-0.39, 0.29) is 12.6 Å². The molecule has 6 heteroatoms. The van der Waals surface area contributed by atoms with Gasteiger partial charge >= 0.3 is 0 Å². The fourth-order valence-electron chi connectivity index (χ4n) is 2.02. The van der Waals surface area contributed by atoms with Crippen LogP contribution in [0.4, 0.5) is 0 Å². The summed E-state index contributed by atoms with van der Waals surface area (Å²) in [7, 11) is 0. The lowest BCUT2D eigenvalue weighted by Gasteiger charge is -2.15. The van der Waals surface area contributed by atoms with Gasteiger partial charge in [0.2, 0.25) is 0 Å². The van der Waals surface area contributed by atoms with Crippen molar-refractivity contribution < 1.29 is 9.63 Å². The van der Waals surface area contributed by atoms with Crippen LogP contribution >= 0.6 is 11.3 Å². The van der Waals surface area contributed by atoms with Crippen LogP contribution in [-0.2, 0) is 6.54 Å². The van der Waals surface area contributed by atoms with Gasteiger partial charge in [-0.05, 0) is 17.0 Å². The van der Waals surface area contributed by atoms with E-state index in [0.717, 1.165) is 11.1 Å². The van der Waals surface area contributed by atoms with Crippen molar-refractivity contribution in [2.45, 2.75) is 12.6 Å². The molecule has 2 heterocycles. The van der Waals surface area contributed by atoms with Crippen LogP contribution in [-0.4, -0.2) is 21.9 Å². The summed E-state index contributed by atoms with van der Waals surface area (Å²) >= 11 is 1.59. The van der Waals surface area contributed by atoms with Gasteiger partial charge in [-0.3, -0.25) is 0 Å². The summed E-state index contributed by atoms with van der Waals surface area (Å²) in [5.41, 5.74) is 1.96. The molecule has 0 fully saturated rings. The predicted molar refractivity (Wildman–Crippen MR) is 80.7 cm³/mol. The minimum absolute atomic E-state index is 0.0131. The smallest absolute Gasteiger partial charge is 0.258 e. The minimum Gasteiger partial charge on any atom is -0.394 e. The van der Waals surface area contributed by atoms with Gasteiger partial charge < -0.3 is 14.9 Å². The molecule has 0 aliphatic carbocycles. The van der Waals surface area contributed by atoms with Gasteiger partial charge in [0.1, 0.15) is 0 Å². The van der Waals surface area contributed by atoms with Crippen molar-refractivity contribution in [3.8, 4) is 11.5 Å². The van der Waals surface area contributed by atoms with Crippen molar-refractivity contribution >= 4 is 11.3 Å². The Morgan fingerprint density at radius 3 is 2.81 bits per heavy atom. The van der Waals surface area contributed by atoms with Gasteiger partial charge in [0.25, 0.3) is 5.89 Å². The number of hydrogen-bond donors (Lipinski definition) is 2. The third kappa shape index (κ3) is 3.36. The molecule has 2 N–H and O–H groups in total. The van der Waals surface area contributed by atoms with Crippen LogP contribution in [0.15, 0.2) is 51.7 Å². The molecule has 0 aliphatic heterocycles. The predicted octanol–water partition coefficient (Wildman–Crippen LogP) is 2.62. The number of hydrogen-bond acceptors (Lipinski definition) is 6. The Kier molecular flexibility index (Phi) is 4.40. The third-order valence-electron chi connectivity index (χ3n) is 3.13. The molecule has 3 rings (SSSR count). The zero-order valence-electron chi connectivity index (χ0n) is 11.3. The van der Waals surface area contributed by atoms with Crippen LogP contribution in [0, 0.1) is 0 Å². The van der Waals surface area contributed by atoms with Gasteiger partial charge in [0.15, 0.2) is 5.82 Å². The molecule has 0 bridgehead atoms. The number of rotatable bonds is 6. The molecule has 0 saturated carbocycles. The summed E-state index contributed by atoms with van der Waals surface area (Å²) in [5, 5.41) is 20.6. The maximum atomic E-state index is 9.49. The average Bonchev–Trinajstić information content (AvgIpc) is 3.20. The summed E-state index contributed by atoms with van der Waals surface area (Å²) in [4.78, 5) is 4.34. The summed E-state index contributed by atoms with van der Waals surface area (Å²) in [6, 6.07) is 11.6. The number of nitrogens with one attached hydrogen (secondary N) is 1. The Hall–Kier alpha value is -2.02. The van der Waals surface area contributed by atoms with Crippen LogP contribution in [0.3, 0.4) is 0 Å². The van der Waals surface area contributed by atoms with Gasteiger partial charge in [-0.25, -0.2) is 0 Å². The Balaban J connectivity index is 1.64. The van der Waals surface area contributed by atoms with Crippen molar-refractivity contribution in [1.29, 1.82) is 0 Å². The highest BCUT2D eigenvalue weighted by atomic mass is 32.1. The van der Waals surface area contributed by atoms with Gasteiger partial charge in [-0.15, -0.1) is 0 Å². The number of thiophene rings is 1. The zero-order chi connectivity index (χ0) is 14.5. The van der Waals surface area contributed by atoms with Crippen molar-refractivity contribution in [3.05, 3.63) is 58.5 Å². The lowest BCUT2D eigenvalue weighted by atomic mass is 10.1. The van der Waals surface area contributed by atoms with Gasteiger partial charge in [-0.1, -0.05) is 35.5 Å². The first kappa shape index (κ1) is 13.9. The maximum Gasteiger partial charge on any atom is 0.258 e. The Morgan fingerprint density at radius 2 is 2.10 bits per heavy atom. The lowest BCUT2D eigenvalue weighted by Crippen LogP contribution is -2.24. The van der Waals surface area contributed by atoms with E-state index in [1.807, 2.05) is 47.2 Å². The number of benzene rings is 1. The Labute approximate surface area is 126 Å². The molecule has 3 aromatic rings. The summed E-state index contributed by atoms with van der Waals surface area (Å²) < 4.78 is 5.22. The fraction of sp³-hybridized carbons (Fsp3) is 0.200. The number of nitrogens with zero attached hydrogens (tertiary/aromatic N) is 2. The lowest BCUT2D eigenvalue weighted by molar-refractivity contribution is 0.242. The van der Waals surface area contributed by atoms with Crippen LogP contribution < -0.4 is 5.32 Å². The van der Waals surface area contributed by atoms with E-state index in [9.17, 15) is 5.11 Å². The highest BCUT2D eigenvalue weighted by Crippen LogP contribution is 2.20. The second kappa shape index (κ2) is 6.62. The first-order chi connectivity index (χ1) is 10.4. The molecule has 5 nitrogen and oxygen atoms in total. The molecule has 0 spiro atoms. The topological polar surface area (TPSA) is 71.2 Å². The second-order valence-corrected chi connectivity index (χ2v) is 5.33. The second-order valence-electron chi connectivity index (χ2n) is 4.55. The number of aromatic nitrogens is 2. The molecule has 108 valence electrons. The minimum atomic E-state index is -0.144. The molecule has 0 aliphatic rings. The molecule has 2 aromatic heterocycles. The van der Waals surface area contributed by atoms with E-state index in [4.69, 9.17) is 4.52 Å². The first-order valence-electron chi connectivity index (χ1n) is 6.61. The quantitative estimate of drug-likeness (QED) is 0.732. The van der Waals surface area contributed by atoms with Gasteiger partial charge in [0, 0.05) is 5.38 Å². The van der Waals surface area contributed by atoms with E-state index in [1.165, 1.54) is 0 Å². The largest absolute Gasteiger partial charge is 0.394 e. The van der Waals surface area contributed by atoms with Crippen LogP contribution in [0.2, 0.25) is 0 Å². The normalized spacial score (nSPS) is 12.4. The molecule has 1 aromatic carbocycles. The fourth-order valence-corrected chi connectivity index (χ4v) is 2.65. The SMILES string of the molecule is OC[C@@H](NCc1noc(-c2ccsc2)n1)c1ccccc1. The Bertz CT molecular complexity index is 667. The molecule has 0 radical (unpaired) electrons. The van der Waals surface area contributed by atoms with Crippen LogP contribution in [0.5, 0.6) is 0 Å². The molecule has 0 unspecified atom stereocenters. The van der Waals surface area contributed by atoms with Gasteiger partial charge in [-0.2, -0.15) is 16.3 Å². The molecule has 0 amide bonds. The molecule has 1 atom stereocenters. The highest BCUT2D eigenvalue weighted by molar-refractivity contribution is 7.08. The van der Waals surface area contributed by atoms with E-state index in [0.29, 0.717) is 18.3 Å². The number of aliphatic hydroxyl groups is 1. The average molecular weight is 301 g/mol. The third-order valence-corrected chi connectivity index (χ3v) is 3.81. The van der Waals surface area contributed by atoms with Crippen molar-refractivity contribution in [2.75, 3.05) is 6.61 Å². The van der Waals surface area contributed by atoms with Crippen molar-refractivity contribution in [2.24, 2.45) is 0 Å². The summed E-state index contributed by atoms with van der Waals surface area (Å²) in [5.74, 6) is 1.10. The van der Waals surface area contributed by atoms with Crippen molar-refractivity contribution in [1.82, 2.24) is 15.5 Å². The van der Waals surface area contributed by atoms with Gasteiger partial charge in [0.05, 0.1) is 24.8 Å². The Morgan fingerprint density at radius 1 is 1.24 bits per heavy atom. The van der Waals surface area contributed by atoms with Crippen LogP contribution in [0.25, 0.3) is 11.5 Å². The van der Waals surface area contributed by atoms with Crippen LogP contribution in [0.1, 0.15) is 17.4 Å². The van der Waals surface area contributed by atoms with E-state index in [1.54, 1.807) is 11.3 Å².